The van der Waals surface area contributed by atoms with Gasteiger partial charge in [0.05, 0.1) is 12.5 Å². The highest BCUT2D eigenvalue weighted by molar-refractivity contribution is 7.10. The molecule has 1 saturated carbocycles. The lowest BCUT2D eigenvalue weighted by atomic mass is 10.1. The molecule has 0 aromatic carbocycles. The van der Waals surface area contributed by atoms with Crippen LogP contribution in [0.5, 0.6) is 0 Å². The van der Waals surface area contributed by atoms with E-state index in [4.69, 9.17) is 11.0 Å². The second-order valence-corrected chi connectivity index (χ2v) is 4.54. The summed E-state index contributed by atoms with van der Waals surface area (Å²) < 4.78 is 0. The Labute approximate surface area is 82.0 Å². The van der Waals surface area contributed by atoms with Crippen molar-refractivity contribution in [3.8, 4) is 6.07 Å². The lowest BCUT2D eigenvalue weighted by Crippen LogP contribution is -2.10. The molecule has 1 heterocycles. The molecule has 1 aliphatic carbocycles. The third-order valence-corrected chi connectivity index (χ3v) is 3.40. The summed E-state index contributed by atoms with van der Waals surface area (Å²) in [6.07, 6.45) is 3.05. The van der Waals surface area contributed by atoms with E-state index in [1.807, 2.05) is 0 Å². The van der Waals surface area contributed by atoms with Crippen LogP contribution in [0.2, 0.25) is 0 Å². The number of nitriles is 1. The second kappa shape index (κ2) is 3.49. The van der Waals surface area contributed by atoms with Gasteiger partial charge in [-0.25, -0.2) is 0 Å². The van der Waals surface area contributed by atoms with Crippen LogP contribution >= 0.6 is 11.3 Å². The zero-order chi connectivity index (χ0) is 9.26. The summed E-state index contributed by atoms with van der Waals surface area (Å²) in [7, 11) is 0. The van der Waals surface area contributed by atoms with Gasteiger partial charge in [0.2, 0.25) is 0 Å². The van der Waals surface area contributed by atoms with Crippen molar-refractivity contribution in [3.05, 3.63) is 21.9 Å². The second-order valence-electron chi connectivity index (χ2n) is 3.54. The Kier molecular flexibility index (Phi) is 2.34. The first-order valence-electron chi connectivity index (χ1n) is 4.51. The summed E-state index contributed by atoms with van der Waals surface area (Å²) >= 11 is 1.65. The normalized spacial score (nSPS) is 18.2. The number of thiophene rings is 1. The minimum Gasteiger partial charge on any atom is -0.324 e. The van der Waals surface area contributed by atoms with Crippen LogP contribution < -0.4 is 5.73 Å². The first-order valence-corrected chi connectivity index (χ1v) is 5.39. The van der Waals surface area contributed by atoms with E-state index < -0.39 is 0 Å². The van der Waals surface area contributed by atoms with Gasteiger partial charge in [0.15, 0.2) is 0 Å². The summed E-state index contributed by atoms with van der Waals surface area (Å²) in [6, 6.07) is 4.44. The predicted octanol–water partition coefficient (Wildman–Crippen LogP) is 2.22. The molecule has 1 fully saturated rings. The minimum absolute atomic E-state index is 0.212. The molecule has 0 bridgehead atoms. The van der Waals surface area contributed by atoms with E-state index in [1.165, 1.54) is 18.4 Å². The van der Waals surface area contributed by atoms with Crippen LogP contribution in [0.3, 0.4) is 0 Å². The van der Waals surface area contributed by atoms with E-state index in [2.05, 4.69) is 17.5 Å². The molecule has 0 unspecified atom stereocenters. The van der Waals surface area contributed by atoms with Gasteiger partial charge in [0.25, 0.3) is 0 Å². The van der Waals surface area contributed by atoms with Crippen molar-refractivity contribution >= 4 is 11.3 Å². The zero-order valence-corrected chi connectivity index (χ0v) is 8.18. The Morgan fingerprint density at radius 1 is 1.69 bits per heavy atom. The highest BCUT2D eigenvalue weighted by Gasteiger charge is 2.29. The Hall–Kier alpha value is -0.850. The van der Waals surface area contributed by atoms with E-state index in [-0.39, 0.29) is 6.04 Å². The maximum atomic E-state index is 8.51. The van der Waals surface area contributed by atoms with E-state index >= 15 is 0 Å². The quantitative estimate of drug-likeness (QED) is 0.798. The third-order valence-electron chi connectivity index (χ3n) is 2.44. The molecule has 1 aromatic rings. The largest absolute Gasteiger partial charge is 0.324 e. The monoisotopic (exact) mass is 192 g/mol. The van der Waals surface area contributed by atoms with Crippen LogP contribution in [0.25, 0.3) is 0 Å². The number of nitrogens with two attached hydrogens (primary N) is 1. The van der Waals surface area contributed by atoms with Crippen LogP contribution in [-0.4, -0.2) is 0 Å². The van der Waals surface area contributed by atoms with Gasteiger partial charge in [0.1, 0.15) is 0 Å². The molecule has 1 aliphatic rings. The standard InChI is InChI=1S/C10H12N2S/c11-4-3-9-5-8(6-13-9)10(12)7-1-2-7/h5-7,10H,1-3,12H2/t10-/m1/s1. The Balaban J connectivity index is 2.08. The average Bonchev–Trinajstić information content (AvgIpc) is 2.87. The number of rotatable bonds is 3. The Bertz CT molecular complexity index is 333. The van der Waals surface area contributed by atoms with Crippen molar-refractivity contribution in [1.29, 1.82) is 5.26 Å². The maximum absolute atomic E-state index is 8.51. The topological polar surface area (TPSA) is 49.8 Å². The van der Waals surface area contributed by atoms with Crippen molar-refractivity contribution in [2.75, 3.05) is 0 Å². The van der Waals surface area contributed by atoms with E-state index in [0.717, 1.165) is 4.88 Å². The molecule has 2 N–H and O–H groups in total. The zero-order valence-electron chi connectivity index (χ0n) is 7.36. The first kappa shape index (κ1) is 8.74. The smallest absolute Gasteiger partial charge is 0.0695 e. The molecule has 1 atom stereocenters. The predicted molar refractivity (Wildman–Crippen MR) is 53.3 cm³/mol. The molecule has 1 aromatic heterocycles. The maximum Gasteiger partial charge on any atom is 0.0695 e. The van der Waals surface area contributed by atoms with Crippen molar-refractivity contribution in [2.45, 2.75) is 25.3 Å². The summed E-state index contributed by atoms with van der Waals surface area (Å²) in [5.74, 6) is 0.699. The van der Waals surface area contributed by atoms with E-state index in [1.54, 1.807) is 11.3 Å². The van der Waals surface area contributed by atoms with E-state index in [0.29, 0.717) is 12.3 Å². The van der Waals surface area contributed by atoms with Crippen LogP contribution in [0.1, 0.15) is 29.3 Å². The van der Waals surface area contributed by atoms with Gasteiger partial charge in [-0.15, -0.1) is 11.3 Å². The molecule has 13 heavy (non-hydrogen) atoms. The van der Waals surface area contributed by atoms with Crippen LogP contribution in [0.4, 0.5) is 0 Å². The molecular weight excluding hydrogens is 180 g/mol. The van der Waals surface area contributed by atoms with Crippen molar-refractivity contribution < 1.29 is 0 Å². The highest BCUT2D eigenvalue weighted by atomic mass is 32.1. The van der Waals surface area contributed by atoms with Crippen LogP contribution in [0.15, 0.2) is 11.4 Å². The van der Waals surface area contributed by atoms with Crippen LogP contribution in [-0.2, 0) is 6.42 Å². The van der Waals surface area contributed by atoms with Crippen molar-refractivity contribution in [1.82, 2.24) is 0 Å². The number of hydrogen-bond acceptors (Lipinski definition) is 3. The fourth-order valence-electron chi connectivity index (χ4n) is 1.47. The van der Waals surface area contributed by atoms with Crippen molar-refractivity contribution in [3.63, 3.8) is 0 Å². The average molecular weight is 192 g/mol. The Morgan fingerprint density at radius 3 is 3.08 bits per heavy atom. The molecule has 3 heteroatoms. The molecule has 2 rings (SSSR count). The van der Waals surface area contributed by atoms with Gasteiger partial charge < -0.3 is 5.73 Å². The van der Waals surface area contributed by atoms with Gasteiger partial charge in [-0.2, -0.15) is 5.26 Å². The fraction of sp³-hybridized carbons (Fsp3) is 0.500. The van der Waals surface area contributed by atoms with Crippen LogP contribution in [0, 0.1) is 17.2 Å². The molecule has 0 spiro atoms. The van der Waals surface area contributed by atoms with Gasteiger partial charge in [-0.3, -0.25) is 0 Å². The summed E-state index contributed by atoms with van der Waals surface area (Å²) in [4.78, 5) is 1.13. The van der Waals surface area contributed by atoms with Gasteiger partial charge in [-0.1, -0.05) is 0 Å². The minimum atomic E-state index is 0.212. The third kappa shape index (κ3) is 1.90. The molecule has 0 saturated heterocycles. The van der Waals surface area contributed by atoms with Crippen molar-refractivity contribution in [2.24, 2.45) is 11.7 Å². The fourth-order valence-corrected chi connectivity index (χ4v) is 2.34. The molecule has 0 aliphatic heterocycles. The van der Waals surface area contributed by atoms with Gasteiger partial charge >= 0.3 is 0 Å². The highest BCUT2D eigenvalue weighted by Crippen LogP contribution is 2.40. The molecule has 0 radical (unpaired) electrons. The summed E-state index contributed by atoms with van der Waals surface area (Å²) in [6.45, 7) is 0. The summed E-state index contributed by atoms with van der Waals surface area (Å²) in [5.41, 5.74) is 7.25. The SMILES string of the molecule is N#CCc1cc([C@H](N)C2CC2)cs1. The lowest BCUT2D eigenvalue weighted by molar-refractivity contribution is 0.635. The Morgan fingerprint density at radius 2 is 2.46 bits per heavy atom. The molecule has 2 nitrogen and oxygen atoms in total. The first-order chi connectivity index (χ1) is 6.31. The number of nitrogens with zero attached hydrogens (tertiary/aromatic N) is 1. The van der Waals surface area contributed by atoms with E-state index in [9.17, 15) is 0 Å². The van der Waals surface area contributed by atoms with Gasteiger partial charge in [-0.05, 0) is 35.8 Å². The van der Waals surface area contributed by atoms with Gasteiger partial charge in [0, 0.05) is 10.9 Å². The molecule has 0 amide bonds. The molecular formula is C10H12N2S. The lowest BCUT2D eigenvalue weighted by Gasteiger charge is -2.06. The summed E-state index contributed by atoms with van der Waals surface area (Å²) in [5, 5.41) is 10.6. The molecule has 68 valence electrons. The number of hydrogen-bond donors (Lipinski definition) is 1.